The summed E-state index contributed by atoms with van der Waals surface area (Å²) in [6.45, 7) is 11.9. The van der Waals surface area contributed by atoms with Gasteiger partial charge in [-0.25, -0.2) is 9.13 Å². The number of hydrogen-bond donors (Lipinski definition) is 3. The predicted molar refractivity (Wildman–Crippen MR) is 381 cm³/mol. The molecule has 0 fully saturated rings. The molecule has 0 bridgehead atoms. The molecule has 0 aliphatic heterocycles. The third-order valence-corrected chi connectivity index (χ3v) is 19.3. The van der Waals surface area contributed by atoms with Crippen LogP contribution in [-0.2, 0) is 65.4 Å². The van der Waals surface area contributed by atoms with Gasteiger partial charge in [-0.05, 0) is 43.4 Å². The Labute approximate surface area is 575 Å². The molecular formula is C75H146O17P2. The number of aliphatic hydroxyl groups excluding tert-OH is 1. The van der Waals surface area contributed by atoms with Crippen molar-refractivity contribution in [3.05, 3.63) is 0 Å². The molecule has 558 valence electrons. The zero-order chi connectivity index (χ0) is 69.4. The molecule has 2 unspecified atom stereocenters. The lowest BCUT2D eigenvalue weighted by atomic mass is 10.0. The standard InChI is InChI=1S/C75H146O17P2/c1-8-9-10-11-12-13-14-15-16-17-23-28-35-42-49-56-72(77)85-62-70(91-74(79)58-51-44-36-29-24-19-18-21-26-32-39-46-53-66(2)3)64-89-93(81,82)87-60-69(76)61-88-94(83,84)90-65-71(63-86-73(78)57-50-43-38-31-34-41-48-55-68(6)7)92-75(80)59-52-45-37-30-25-20-22-27-33-40-47-54-67(4)5/h66-71,76H,8-65H2,1-7H3,(H,81,82)(H,83,84)/t69-,70-,71-/m1/s1. The SMILES string of the molecule is CCCCCCCCCCCCCCCCCC(=O)OC[C@H](COP(=O)(O)OC[C@@H](O)COP(=O)(O)OC[C@@H](COC(=O)CCCCCCCCCC(C)C)OC(=O)CCCCCCCCCCCCCC(C)C)OC(=O)CCCCCCCCCCCCCCC(C)C. The van der Waals surface area contributed by atoms with Crippen LogP contribution in [0.5, 0.6) is 0 Å². The second-order valence-corrected chi connectivity index (χ2v) is 31.4. The summed E-state index contributed by atoms with van der Waals surface area (Å²) in [5.41, 5.74) is 0. The number of aliphatic hydroxyl groups is 1. The maximum atomic E-state index is 13.1. The zero-order valence-corrected chi connectivity index (χ0v) is 63.2. The Morgan fingerprint density at radius 1 is 0.287 bits per heavy atom. The van der Waals surface area contributed by atoms with Gasteiger partial charge in [-0.15, -0.1) is 0 Å². The van der Waals surface area contributed by atoms with Gasteiger partial charge in [0.15, 0.2) is 12.2 Å². The molecule has 0 saturated heterocycles. The summed E-state index contributed by atoms with van der Waals surface area (Å²) in [5, 5.41) is 10.6. The van der Waals surface area contributed by atoms with Gasteiger partial charge < -0.3 is 33.8 Å². The first-order valence-electron chi connectivity index (χ1n) is 38.8. The summed E-state index contributed by atoms with van der Waals surface area (Å²) in [6, 6.07) is 0. The van der Waals surface area contributed by atoms with Crippen LogP contribution in [0.4, 0.5) is 0 Å². The van der Waals surface area contributed by atoms with Crippen LogP contribution in [0.25, 0.3) is 0 Å². The molecule has 0 aromatic heterocycles. The predicted octanol–water partition coefficient (Wildman–Crippen LogP) is 21.8. The van der Waals surface area contributed by atoms with Gasteiger partial charge in [0, 0.05) is 25.7 Å². The smallest absolute Gasteiger partial charge is 0.462 e. The van der Waals surface area contributed by atoms with Crippen LogP contribution in [0.2, 0.25) is 0 Å². The Morgan fingerprint density at radius 3 is 0.723 bits per heavy atom. The zero-order valence-electron chi connectivity index (χ0n) is 61.4. The molecule has 0 aromatic carbocycles. The topological polar surface area (TPSA) is 237 Å². The number of esters is 4. The number of hydrogen-bond acceptors (Lipinski definition) is 15. The van der Waals surface area contributed by atoms with E-state index in [0.29, 0.717) is 31.6 Å². The monoisotopic (exact) mass is 1380 g/mol. The molecule has 5 atom stereocenters. The number of carbonyl (C=O) groups is 4. The van der Waals surface area contributed by atoms with Gasteiger partial charge in [-0.2, -0.15) is 0 Å². The fourth-order valence-corrected chi connectivity index (χ4v) is 13.0. The first kappa shape index (κ1) is 92.1. The van der Waals surface area contributed by atoms with E-state index in [4.69, 9.17) is 37.0 Å². The van der Waals surface area contributed by atoms with Gasteiger partial charge in [-0.1, -0.05) is 331 Å². The third-order valence-electron chi connectivity index (χ3n) is 17.4. The molecule has 0 saturated carbocycles. The van der Waals surface area contributed by atoms with E-state index >= 15 is 0 Å². The highest BCUT2D eigenvalue weighted by Crippen LogP contribution is 2.45. The van der Waals surface area contributed by atoms with Crippen LogP contribution >= 0.6 is 15.6 Å². The minimum Gasteiger partial charge on any atom is -0.462 e. The molecule has 0 aliphatic carbocycles. The molecule has 3 N–H and O–H groups in total. The van der Waals surface area contributed by atoms with Crippen molar-refractivity contribution in [1.29, 1.82) is 0 Å². The fraction of sp³-hybridized carbons (Fsp3) is 0.947. The summed E-state index contributed by atoms with van der Waals surface area (Å²) in [7, 11) is -9.91. The van der Waals surface area contributed by atoms with Crippen molar-refractivity contribution in [1.82, 2.24) is 0 Å². The minimum absolute atomic E-state index is 0.106. The number of rotatable bonds is 73. The quantitative estimate of drug-likeness (QED) is 0.0222. The Morgan fingerprint density at radius 2 is 0.489 bits per heavy atom. The molecular weight excluding hydrogens is 1230 g/mol. The fourth-order valence-electron chi connectivity index (χ4n) is 11.4. The lowest BCUT2D eigenvalue weighted by molar-refractivity contribution is -0.161. The van der Waals surface area contributed by atoms with Gasteiger partial charge in [0.2, 0.25) is 0 Å². The number of ether oxygens (including phenoxy) is 4. The van der Waals surface area contributed by atoms with Gasteiger partial charge in [0.1, 0.15) is 19.3 Å². The van der Waals surface area contributed by atoms with Gasteiger partial charge in [0.25, 0.3) is 0 Å². The van der Waals surface area contributed by atoms with Crippen LogP contribution in [0, 0.1) is 17.8 Å². The third kappa shape index (κ3) is 68.6. The van der Waals surface area contributed by atoms with Crippen molar-refractivity contribution >= 4 is 39.5 Å². The Balaban J connectivity index is 5.26. The van der Waals surface area contributed by atoms with E-state index in [-0.39, 0.29) is 25.7 Å². The van der Waals surface area contributed by atoms with Crippen LogP contribution in [-0.4, -0.2) is 96.7 Å². The number of carbonyl (C=O) groups excluding carboxylic acids is 4. The van der Waals surface area contributed by atoms with Crippen LogP contribution in [0.1, 0.15) is 382 Å². The Kier molecular flexibility index (Phi) is 64.3. The van der Waals surface area contributed by atoms with Gasteiger partial charge in [0.05, 0.1) is 26.4 Å². The molecule has 94 heavy (non-hydrogen) atoms. The van der Waals surface area contributed by atoms with Crippen molar-refractivity contribution in [3.63, 3.8) is 0 Å². The molecule has 0 heterocycles. The molecule has 0 spiro atoms. The highest BCUT2D eigenvalue weighted by atomic mass is 31.2. The molecule has 0 rings (SSSR count). The van der Waals surface area contributed by atoms with E-state index in [1.807, 2.05) is 0 Å². The van der Waals surface area contributed by atoms with Crippen molar-refractivity contribution in [2.75, 3.05) is 39.6 Å². The molecule has 0 aliphatic rings. The maximum Gasteiger partial charge on any atom is 0.472 e. The van der Waals surface area contributed by atoms with Crippen molar-refractivity contribution in [3.8, 4) is 0 Å². The minimum atomic E-state index is -4.96. The average molecular weight is 1380 g/mol. The number of phosphoric acid groups is 2. The van der Waals surface area contributed by atoms with E-state index in [2.05, 4.69) is 48.5 Å². The second kappa shape index (κ2) is 65.7. The van der Waals surface area contributed by atoms with Crippen molar-refractivity contribution < 1.29 is 80.2 Å². The summed E-state index contributed by atoms with van der Waals surface area (Å²) in [4.78, 5) is 72.8. The lowest BCUT2D eigenvalue weighted by Gasteiger charge is -2.21. The van der Waals surface area contributed by atoms with E-state index < -0.39 is 97.5 Å². The van der Waals surface area contributed by atoms with Crippen molar-refractivity contribution in [2.45, 2.75) is 401 Å². The summed E-state index contributed by atoms with van der Waals surface area (Å²) in [6.07, 6.45) is 51.3. The van der Waals surface area contributed by atoms with Crippen molar-refractivity contribution in [2.24, 2.45) is 17.8 Å². The Hall–Kier alpha value is -1.94. The molecule has 0 radical (unpaired) electrons. The molecule has 19 heteroatoms. The first-order valence-corrected chi connectivity index (χ1v) is 41.8. The first-order chi connectivity index (χ1) is 45.2. The number of phosphoric ester groups is 2. The summed E-state index contributed by atoms with van der Waals surface area (Å²) < 4.78 is 68.5. The number of unbranched alkanes of at least 4 members (excludes halogenated alkanes) is 41. The van der Waals surface area contributed by atoms with E-state index in [9.17, 15) is 43.2 Å². The molecule has 0 aromatic rings. The average Bonchev–Trinajstić information content (AvgIpc) is 1.41. The molecule has 0 amide bonds. The van der Waals surface area contributed by atoms with Crippen LogP contribution in [0.15, 0.2) is 0 Å². The lowest BCUT2D eigenvalue weighted by Crippen LogP contribution is -2.30. The van der Waals surface area contributed by atoms with E-state index in [0.717, 1.165) is 108 Å². The molecule has 17 nitrogen and oxygen atoms in total. The van der Waals surface area contributed by atoms with E-state index in [1.165, 1.54) is 186 Å². The summed E-state index contributed by atoms with van der Waals surface area (Å²) >= 11 is 0. The largest absolute Gasteiger partial charge is 0.472 e. The van der Waals surface area contributed by atoms with Gasteiger partial charge in [-0.3, -0.25) is 37.3 Å². The van der Waals surface area contributed by atoms with E-state index in [1.54, 1.807) is 0 Å². The second-order valence-electron chi connectivity index (χ2n) is 28.5. The van der Waals surface area contributed by atoms with Gasteiger partial charge >= 0.3 is 39.5 Å². The highest BCUT2D eigenvalue weighted by molar-refractivity contribution is 7.47. The normalized spacial score (nSPS) is 14.1. The Bertz CT molecular complexity index is 1840. The summed E-state index contributed by atoms with van der Waals surface area (Å²) in [5.74, 6) is 0.128. The maximum absolute atomic E-state index is 13.1. The highest BCUT2D eigenvalue weighted by Gasteiger charge is 2.30. The van der Waals surface area contributed by atoms with Crippen LogP contribution in [0.3, 0.4) is 0 Å². The van der Waals surface area contributed by atoms with Crippen LogP contribution < -0.4 is 0 Å².